The predicted octanol–water partition coefficient (Wildman–Crippen LogP) is 5.93. The summed E-state index contributed by atoms with van der Waals surface area (Å²) in [5.41, 5.74) is 5.51. The van der Waals surface area contributed by atoms with Gasteiger partial charge in [-0.3, -0.25) is 9.59 Å². The molecule has 6 rings (SSSR count). The molecule has 0 saturated carbocycles. The van der Waals surface area contributed by atoms with Crippen LogP contribution in [0.4, 0.5) is 13.2 Å². The van der Waals surface area contributed by atoms with E-state index in [1.54, 1.807) is 30.3 Å². The molecule has 54 heavy (non-hydrogen) atoms. The summed E-state index contributed by atoms with van der Waals surface area (Å²) in [5, 5.41) is 33.0. The molecule has 0 bridgehead atoms. The van der Waals surface area contributed by atoms with Crippen molar-refractivity contribution in [3.8, 4) is 16.9 Å². The SMILES string of the molecule is CN(CC1CC(c2ccc(CO)cc2)OC(c2cccc(-c3cccc(CNC(=O)C4CCCN4C(=O)C(F)(F)F)c3)c2)O1)CC(O)c1cccc(O)c1. The average molecular weight is 748 g/mol. The van der Waals surface area contributed by atoms with Crippen LogP contribution in [0.3, 0.4) is 0 Å². The average Bonchev–Trinajstić information content (AvgIpc) is 3.66. The Morgan fingerprint density at radius 2 is 1.65 bits per heavy atom. The summed E-state index contributed by atoms with van der Waals surface area (Å²) < 4.78 is 52.3. The fourth-order valence-electron chi connectivity index (χ4n) is 7.07. The first-order valence-electron chi connectivity index (χ1n) is 17.9. The molecule has 13 heteroatoms. The van der Waals surface area contributed by atoms with Crippen LogP contribution in [-0.4, -0.2) is 81.9 Å². The molecule has 4 aromatic carbocycles. The molecular formula is C41H44F3N3O7. The third-order valence-electron chi connectivity index (χ3n) is 9.81. The van der Waals surface area contributed by atoms with Crippen molar-refractivity contribution in [3.05, 3.63) is 125 Å². The topological polar surface area (TPSA) is 132 Å². The lowest BCUT2D eigenvalue weighted by Crippen LogP contribution is -2.50. The van der Waals surface area contributed by atoms with Crippen molar-refractivity contribution in [3.63, 3.8) is 0 Å². The van der Waals surface area contributed by atoms with Crippen molar-refractivity contribution >= 4 is 11.8 Å². The number of hydrogen-bond acceptors (Lipinski definition) is 8. The second kappa shape index (κ2) is 17.1. The standard InChI is InChI=1S/C41H44F3N3O7/c1-46(24-36(50)31-9-4-11-33(49)20-31)23-34-21-37(28-15-13-26(25-48)14-16-28)54-39(53-34)32-10-3-8-30(19-32)29-7-2-6-27(18-29)22-45-38(51)35-12-5-17-47(35)40(52)41(42,43)44/h2-4,6-11,13-16,18-20,34-37,39,48-50H,5,12,17,21-25H2,1H3,(H,45,51). The van der Waals surface area contributed by atoms with E-state index in [0.717, 1.165) is 33.4 Å². The number of halogens is 3. The van der Waals surface area contributed by atoms with Crippen LogP contribution in [0.5, 0.6) is 5.75 Å². The van der Waals surface area contributed by atoms with Crippen LogP contribution < -0.4 is 5.32 Å². The molecule has 5 atom stereocenters. The highest BCUT2D eigenvalue weighted by molar-refractivity contribution is 5.90. The first kappa shape index (κ1) is 38.9. The largest absolute Gasteiger partial charge is 0.508 e. The van der Waals surface area contributed by atoms with E-state index in [0.29, 0.717) is 36.4 Å². The van der Waals surface area contributed by atoms with E-state index in [2.05, 4.69) is 5.32 Å². The number of alkyl halides is 3. The number of nitrogens with zero attached hydrogens (tertiary/aromatic N) is 2. The number of nitrogens with one attached hydrogen (secondary N) is 1. The van der Waals surface area contributed by atoms with E-state index in [1.165, 1.54) is 0 Å². The minimum Gasteiger partial charge on any atom is -0.508 e. The summed E-state index contributed by atoms with van der Waals surface area (Å²) in [6.45, 7) is 0.667. The van der Waals surface area contributed by atoms with Crippen molar-refractivity contribution < 1.29 is 47.6 Å². The van der Waals surface area contributed by atoms with Crippen molar-refractivity contribution in [2.45, 2.75) is 69.2 Å². The Kier molecular flexibility index (Phi) is 12.3. The summed E-state index contributed by atoms with van der Waals surface area (Å²) >= 11 is 0. The maximum absolute atomic E-state index is 13.1. The highest BCUT2D eigenvalue weighted by atomic mass is 19.4. The predicted molar refractivity (Wildman–Crippen MR) is 194 cm³/mol. The van der Waals surface area contributed by atoms with E-state index in [9.17, 15) is 38.1 Å². The van der Waals surface area contributed by atoms with E-state index in [4.69, 9.17) is 9.47 Å². The van der Waals surface area contributed by atoms with Crippen LogP contribution in [0.15, 0.2) is 97.1 Å². The summed E-state index contributed by atoms with van der Waals surface area (Å²) in [6, 6.07) is 28.1. The molecule has 0 radical (unpaired) electrons. The fraction of sp³-hybridized carbons (Fsp3) is 0.366. The molecule has 4 N–H and O–H groups in total. The number of benzene rings is 4. The summed E-state index contributed by atoms with van der Waals surface area (Å²) in [7, 11) is 1.90. The monoisotopic (exact) mass is 747 g/mol. The zero-order valence-electron chi connectivity index (χ0n) is 29.8. The zero-order valence-corrected chi connectivity index (χ0v) is 29.8. The number of likely N-dealkylation sites (tertiary alicyclic amines) is 1. The number of carbonyl (C=O) groups excluding carboxylic acids is 2. The van der Waals surface area contributed by atoms with Crippen LogP contribution in [0.1, 0.15) is 65.6 Å². The molecular weight excluding hydrogens is 703 g/mol. The molecule has 2 aliphatic heterocycles. The first-order valence-corrected chi connectivity index (χ1v) is 17.9. The van der Waals surface area contributed by atoms with Crippen molar-refractivity contribution in [2.24, 2.45) is 0 Å². The van der Waals surface area contributed by atoms with Gasteiger partial charge in [0.15, 0.2) is 6.29 Å². The number of aliphatic hydroxyl groups is 2. The van der Waals surface area contributed by atoms with E-state index in [1.807, 2.05) is 78.7 Å². The van der Waals surface area contributed by atoms with Gasteiger partial charge in [-0.05, 0) is 77.5 Å². The third-order valence-corrected chi connectivity index (χ3v) is 9.81. The van der Waals surface area contributed by atoms with Crippen LogP contribution in [0.25, 0.3) is 11.1 Å². The number of hydrogen-bond donors (Lipinski definition) is 4. The van der Waals surface area contributed by atoms with Gasteiger partial charge in [-0.15, -0.1) is 0 Å². The third kappa shape index (κ3) is 9.65. The Bertz CT molecular complexity index is 1910. The zero-order chi connectivity index (χ0) is 38.4. The fourth-order valence-corrected chi connectivity index (χ4v) is 7.07. The lowest BCUT2D eigenvalue weighted by atomic mass is 9.98. The molecule has 2 fully saturated rings. The van der Waals surface area contributed by atoms with Crippen LogP contribution in [-0.2, 0) is 32.2 Å². The number of ether oxygens (including phenoxy) is 2. The number of likely N-dealkylation sites (N-methyl/N-ethyl adjacent to an activating group) is 1. The number of aromatic hydroxyl groups is 1. The summed E-state index contributed by atoms with van der Waals surface area (Å²) in [5.74, 6) is -2.54. The van der Waals surface area contributed by atoms with E-state index < -0.39 is 36.4 Å². The lowest BCUT2D eigenvalue weighted by Gasteiger charge is -2.38. The number of phenolic OH excluding ortho intramolecular Hbond substituents is 1. The van der Waals surface area contributed by atoms with Crippen molar-refractivity contribution in [2.75, 3.05) is 26.7 Å². The van der Waals surface area contributed by atoms with Crippen molar-refractivity contribution in [1.82, 2.24) is 15.1 Å². The minimum atomic E-state index is -5.04. The smallest absolute Gasteiger partial charge is 0.471 e. The highest BCUT2D eigenvalue weighted by Gasteiger charge is 2.47. The Balaban J connectivity index is 1.16. The number of phenols is 1. The van der Waals surface area contributed by atoms with Crippen molar-refractivity contribution in [1.29, 1.82) is 0 Å². The molecule has 2 saturated heterocycles. The van der Waals surface area contributed by atoms with Crippen LogP contribution >= 0.6 is 0 Å². The number of amides is 2. The Morgan fingerprint density at radius 1 is 0.926 bits per heavy atom. The lowest BCUT2D eigenvalue weighted by molar-refractivity contribution is -0.252. The van der Waals surface area contributed by atoms with Gasteiger partial charge in [-0.1, -0.05) is 72.8 Å². The van der Waals surface area contributed by atoms with E-state index in [-0.39, 0.29) is 44.1 Å². The van der Waals surface area contributed by atoms with Gasteiger partial charge in [0.05, 0.1) is 24.9 Å². The van der Waals surface area contributed by atoms with Gasteiger partial charge in [0, 0.05) is 38.2 Å². The summed E-state index contributed by atoms with van der Waals surface area (Å²) in [4.78, 5) is 27.3. The van der Waals surface area contributed by atoms with Crippen LogP contribution in [0.2, 0.25) is 0 Å². The van der Waals surface area contributed by atoms with Crippen LogP contribution in [0, 0.1) is 0 Å². The number of rotatable bonds is 12. The number of aliphatic hydroxyl groups excluding tert-OH is 2. The van der Waals surface area contributed by atoms with E-state index >= 15 is 0 Å². The highest BCUT2D eigenvalue weighted by Crippen LogP contribution is 2.39. The molecule has 0 spiro atoms. The first-order chi connectivity index (χ1) is 25.9. The molecule has 10 nitrogen and oxygen atoms in total. The molecule has 286 valence electrons. The van der Waals surface area contributed by atoms with Gasteiger partial charge in [0.2, 0.25) is 5.91 Å². The van der Waals surface area contributed by atoms with Gasteiger partial charge in [-0.25, -0.2) is 0 Å². The maximum atomic E-state index is 13.1. The molecule has 2 heterocycles. The quantitative estimate of drug-likeness (QED) is 0.140. The molecule has 2 amide bonds. The second-order valence-electron chi connectivity index (χ2n) is 13.9. The number of carbonyl (C=O) groups is 2. The maximum Gasteiger partial charge on any atom is 0.471 e. The normalized spacial score (nSPS) is 20.9. The molecule has 2 aliphatic rings. The minimum absolute atomic E-state index is 0.0673. The Morgan fingerprint density at radius 3 is 2.37 bits per heavy atom. The molecule has 0 aromatic heterocycles. The summed E-state index contributed by atoms with van der Waals surface area (Å²) in [6.07, 6.45) is -6.20. The molecule has 0 aliphatic carbocycles. The van der Waals surface area contributed by atoms with Gasteiger partial charge in [0.25, 0.3) is 0 Å². The second-order valence-corrected chi connectivity index (χ2v) is 13.9. The van der Waals surface area contributed by atoms with Gasteiger partial charge in [0.1, 0.15) is 11.8 Å². The Hall–Kier alpha value is -4.79. The molecule has 4 aromatic rings. The Labute approximate surface area is 311 Å². The van der Waals surface area contributed by atoms with Gasteiger partial charge in [-0.2, -0.15) is 13.2 Å². The van der Waals surface area contributed by atoms with Gasteiger partial charge < -0.3 is 39.9 Å². The molecule has 5 unspecified atom stereocenters. The van der Waals surface area contributed by atoms with Gasteiger partial charge >= 0.3 is 12.1 Å².